The molecule has 0 spiro atoms. The van der Waals surface area contributed by atoms with Crippen molar-refractivity contribution in [2.45, 2.75) is 76.3 Å². The van der Waals surface area contributed by atoms with Crippen LogP contribution in [0.15, 0.2) is 60.3 Å². The number of aliphatic hydroxyl groups excluding tert-OH is 1. The molecule has 5 rings (SSSR count). The monoisotopic (exact) mass is 674 g/mol. The molecule has 5 N–H and O–H groups in total. The third-order valence-corrected chi connectivity index (χ3v) is 10.5. The topological polar surface area (TPSA) is 104 Å². The van der Waals surface area contributed by atoms with Crippen LogP contribution in [0, 0.1) is 25.2 Å². The predicted molar refractivity (Wildman–Crippen MR) is 201 cm³/mol. The summed E-state index contributed by atoms with van der Waals surface area (Å²) in [6.45, 7) is 10.6. The molecule has 1 saturated carbocycles. The van der Waals surface area contributed by atoms with Gasteiger partial charge in [0.2, 0.25) is 0 Å². The van der Waals surface area contributed by atoms with Crippen LogP contribution in [0.4, 0.5) is 0 Å². The number of nitrogens with zero attached hydrogens (tertiary/aromatic N) is 4. The van der Waals surface area contributed by atoms with E-state index in [1.54, 1.807) is 7.11 Å². The van der Waals surface area contributed by atoms with Crippen molar-refractivity contribution in [2.75, 3.05) is 58.7 Å². The number of benzene rings is 1. The van der Waals surface area contributed by atoms with E-state index in [-0.39, 0.29) is 12.3 Å². The van der Waals surface area contributed by atoms with Crippen molar-refractivity contribution in [1.29, 1.82) is 0 Å². The summed E-state index contributed by atoms with van der Waals surface area (Å²) >= 11 is 1.90. The third kappa shape index (κ3) is 13.0. The van der Waals surface area contributed by atoms with E-state index in [2.05, 4.69) is 69.3 Å². The smallest absolute Gasteiger partial charge is 0.122 e. The van der Waals surface area contributed by atoms with Gasteiger partial charge in [-0.2, -0.15) is 11.8 Å². The van der Waals surface area contributed by atoms with Gasteiger partial charge in [0.25, 0.3) is 0 Å². The summed E-state index contributed by atoms with van der Waals surface area (Å²) in [4.78, 5) is 8.69. The highest BCUT2D eigenvalue weighted by atomic mass is 32.2. The number of likely N-dealkylation sites (tertiary alicyclic amines) is 1. The molecular formula is C39H58N6O2S. The van der Waals surface area contributed by atoms with E-state index in [0.29, 0.717) is 5.92 Å². The van der Waals surface area contributed by atoms with Gasteiger partial charge in [0.15, 0.2) is 0 Å². The second kappa shape index (κ2) is 20.1. The molecule has 3 heterocycles. The highest BCUT2D eigenvalue weighted by Crippen LogP contribution is 2.37. The van der Waals surface area contributed by atoms with Gasteiger partial charge in [0, 0.05) is 87.6 Å². The average molecular weight is 675 g/mol. The average Bonchev–Trinajstić information content (AvgIpc) is 3.89. The van der Waals surface area contributed by atoms with Crippen molar-refractivity contribution >= 4 is 11.8 Å². The summed E-state index contributed by atoms with van der Waals surface area (Å²) in [5, 5.41) is 11.5. The summed E-state index contributed by atoms with van der Waals surface area (Å²) in [7, 11) is 1.75. The minimum atomic E-state index is -0.354. The van der Waals surface area contributed by atoms with Gasteiger partial charge in [0.05, 0.1) is 7.11 Å². The van der Waals surface area contributed by atoms with Gasteiger partial charge in [-0.25, -0.2) is 5.01 Å². The first-order valence-electron chi connectivity index (χ1n) is 17.6. The summed E-state index contributed by atoms with van der Waals surface area (Å²) in [6.07, 6.45) is 20.2. The highest BCUT2D eigenvalue weighted by Gasteiger charge is 2.31. The Labute approximate surface area is 293 Å². The standard InChI is InChI=1S/C25H33NO2.C14H25N5S/c1-4-5-9-20(21-12-13-21)10-7-6-8-11-22-14-15-23(16-25(22)28-3)24-17-26(18-24)19(2)27;1-12-8-13(2-3-17-12)10-20-11-14(15)9-18-4-6-19(16)7-5-18/h1,7,9-10,14-16,19,21,24,27H,5-6,8,11-13,17-18H2,2-3H3;2-3,8,14H,4-7,9-11,15-16H2,1H3/b10-7-,20-9+;. The molecule has 0 bridgehead atoms. The van der Waals surface area contributed by atoms with E-state index in [1.807, 2.05) is 36.8 Å². The lowest BCUT2D eigenvalue weighted by molar-refractivity contribution is -0.0331. The predicted octanol–water partition coefficient (Wildman–Crippen LogP) is 5.11. The van der Waals surface area contributed by atoms with E-state index >= 15 is 0 Å². The molecule has 3 fully saturated rings. The number of hydrazine groups is 1. The van der Waals surface area contributed by atoms with E-state index in [4.69, 9.17) is 22.7 Å². The van der Waals surface area contributed by atoms with Gasteiger partial charge in [-0.05, 0) is 92.3 Å². The molecule has 2 unspecified atom stereocenters. The Morgan fingerprint density at radius 1 is 1.19 bits per heavy atom. The first-order chi connectivity index (χ1) is 23.2. The lowest BCUT2D eigenvalue weighted by atomic mass is 9.90. The Hall–Kier alpha value is -2.68. The van der Waals surface area contributed by atoms with Gasteiger partial charge in [-0.3, -0.25) is 20.6 Å². The van der Waals surface area contributed by atoms with Crippen molar-refractivity contribution in [2.24, 2.45) is 17.5 Å². The van der Waals surface area contributed by atoms with Crippen LogP contribution < -0.4 is 16.3 Å². The van der Waals surface area contributed by atoms with Gasteiger partial charge < -0.3 is 15.6 Å². The van der Waals surface area contributed by atoms with Crippen LogP contribution in [0.3, 0.4) is 0 Å². The van der Waals surface area contributed by atoms with Crippen LogP contribution in [0.2, 0.25) is 0 Å². The van der Waals surface area contributed by atoms with Gasteiger partial charge in [0.1, 0.15) is 12.0 Å². The number of allylic oxidation sites excluding steroid dienone is 4. The molecule has 3 aliphatic rings. The fraction of sp³-hybridized carbons (Fsp3) is 0.564. The zero-order valence-corrected chi connectivity index (χ0v) is 30.2. The Kier molecular flexibility index (Phi) is 16.0. The molecule has 2 atom stereocenters. The first kappa shape index (κ1) is 38.1. The molecule has 48 heavy (non-hydrogen) atoms. The maximum Gasteiger partial charge on any atom is 0.122 e. The van der Waals surface area contributed by atoms with Crippen LogP contribution >= 0.6 is 11.8 Å². The minimum Gasteiger partial charge on any atom is -0.496 e. The molecular weight excluding hydrogens is 617 g/mol. The second-order valence-corrected chi connectivity index (χ2v) is 14.5. The molecule has 0 radical (unpaired) electrons. The fourth-order valence-corrected chi connectivity index (χ4v) is 7.14. The molecule has 262 valence electrons. The van der Waals surface area contributed by atoms with Crippen LogP contribution in [-0.4, -0.2) is 95.8 Å². The number of aryl methyl sites for hydroxylation is 2. The number of ether oxygens (including phenoxy) is 1. The van der Waals surface area contributed by atoms with Crippen molar-refractivity contribution in [3.63, 3.8) is 0 Å². The minimum absolute atomic E-state index is 0.229. The Morgan fingerprint density at radius 2 is 1.96 bits per heavy atom. The number of hydrogen-bond donors (Lipinski definition) is 3. The second-order valence-electron chi connectivity index (χ2n) is 13.5. The van der Waals surface area contributed by atoms with Crippen molar-refractivity contribution in [3.05, 3.63) is 82.7 Å². The number of piperazine rings is 1. The third-order valence-electron chi connectivity index (χ3n) is 9.31. The van der Waals surface area contributed by atoms with E-state index in [0.717, 1.165) is 100 Å². The number of hydrogen-bond acceptors (Lipinski definition) is 9. The maximum absolute atomic E-state index is 9.62. The summed E-state index contributed by atoms with van der Waals surface area (Å²) in [5.74, 6) is 12.7. The van der Waals surface area contributed by atoms with Gasteiger partial charge in [-0.1, -0.05) is 30.4 Å². The Morgan fingerprint density at radius 3 is 2.62 bits per heavy atom. The molecule has 2 aliphatic heterocycles. The number of thioether (sulfide) groups is 1. The Bertz CT molecular complexity index is 1360. The van der Waals surface area contributed by atoms with Crippen LogP contribution in [0.25, 0.3) is 0 Å². The maximum atomic E-state index is 9.62. The van der Waals surface area contributed by atoms with Crippen LogP contribution in [0.5, 0.6) is 5.75 Å². The molecule has 0 amide bonds. The molecule has 1 aromatic heterocycles. The van der Waals surface area contributed by atoms with Crippen molar-refractivity contribution < 1.29 is 9.84 Å². The van der Waals surface area contributed by atoms with E-state index < -0.39 is 0 Å². The largest absolute Gasteiger partial charge is 0.496 e. The van der Waals surface area contributed by atoms with Crippen LogP contribution in [0.1, 0.15) is 67.3 Å². The van der Waals surface area contributed by atoms with Crippen molar-refractivity contribution in [1.82, 2.24) is 19.8 Å². The number of aliphatic hydroxyl groups is 1. The number of pyridine rings is 1. The van der Waals surface area contributed by atoms with Gasteiger partial charge >= 0.3 is 0 Å². The number of aromatic nitrogens is 1. The van der Waals surface area contributed by atoms with E-state index in [1.165, 1.54) is 35.1 Å². The normalized spacial score (nSPS) is 19.3. The molecule has 2 aromatic rings. The first-order valence-corrected chi connectivity index (χ1v) is 18.8. The lowest BCUT2D eigenvalue weighted by Crippen LogP contribution is -2.52. The number of terminal acetylenes is 1. The van der Waals surface area contributed by atoms with Crippen molar-refractivity contribution in [3.8, 4) is 18.1 Å². The number of nitrogens with two attached hydrogens (primary N) is 2. The molecule has 1 aromatic carbocycles. The molecule has 9 heteroatoms. The lowest BCUT2D eigenvalue weighted by Gasteiger charge is -2.41. The number of unbranched alkanes of at least 4 members (excludes halogenated alkanes) is 1. The molecule has 8 nitrogen and oxygen atoms in total. The van der Waals surface area contributed by atoms with Gasteiger partial charge in [-0.15, -0.1) is 12.3 Å². The Balaban J connectivity index is 0.000000229. The number of rotatable bonds is 16. The summed E-state index contributed by atoms with van der Waals surface area (Å²) in [5.41, 5.74) is 12.6. The molecule has 1 aliphatic carbocycles. The van der Waals surface area contributed by atoms with E-state index in [9.17, 15) is 5.11 Å². The van der Waals surface area contributed by atoms with Crippen LogP contribution in [-0.2, 0) is 12.2 Å². The quantitative estimate of drug-likeness (QED) is 0.0970. The zero-order chi connectivity index (χ0) is 34.3. The summed E-state index contributed by atoms with van der Waals surface area (Å²) < 4.78 is 5.65. The summed E-state index contributed by atoms with van der Waals surface area (Å²) in [6, 6.07) is 11.1. The number of methoxy groups -OCH3 is 1. The fourth-order valence-electron chi connectivity index (χ4n) is 6.20. The SMILES string of the molecule is C#CC/C=C(\C=C/CCCc1ccc(C2CN(C(C)O)C2)cc1OC)C1CC1.Cc1cc(CSCC(N)CN2CCN(N)CC2)ccn1. The zero-order valence-electron chi connectivity index (χ0n) is 29.4. The molecule has 2 saturated heterocycles. The highest BCUT2D eigenvalue weighted by molar-refractivity contribution is 7.98.